The van der Waals surface area contributed by atoms with Crippen LogP contribution in [-0.2, 0) is 52.6 Å². The molecule has 0 unspecified atom stereocenters. The molecule has 275 valence electrons. The van der Waals surface area contributed by atoms with Gasteiger partial charge in [-0.15, -0.1) is 12.0 Å². The third-order valence-electron chi connectivity index (χ3n) is 6.31. The van der Waals surface area contributed by atoms with E-state index < -0.39 is 0 Å². The van der Waals surface area contributed by atoms with Gasteiger partial charge in [0, 0.05) is 51.3 Å². The van der Waals surface area contributed by atoms with E-state index in [1.165, 1.54) is 64.2 Å². The zero-order chi connectivity index (χ0) is 35.4. The average Bonchev–Trinajstić information content (AvgIpc) is 3.61. The van der Waals surface area contributed by atoms with E-state index in [2.05, 4.69) is 74.3 Å². The van der Waals surface area contributed by atoms with Crippen LogP contribution in [0, 0.1) is 19.5 Å². The van der Waals surface area contributed by atoms with Gasteiger partial charge in [0.15, 0.2) is 0 Å². The topological polar surface area (TPSA) is 72.1 Å². The van der Waals surface area contributed by atoms with Crippen LogP contribution in [0.5, 0.6) is 11.5 Å². The molecule has 1 radical (unpaired) electrons. The number of aromatic amines is 1. The molecule has 0 atom stereocenters. The monoisotopic (exact) mass is 874 g/mol. The van der Waals surface area contributed by atoms with Crippen LogP contribution in [0.25, 0.3) is 10.9 Å². The zero-order valence-corrected chi connectivity index (χ0v) is 37.0. The molecule has 0 bridgehead atoms. The van der Waals surface area contributed by atoms with E-state index in [4.69, 9.17) is 9.47 Å². The van der Waals surface area contributed by atoms with Crippen molar-refractivity contribution in [3.63, 3.8) is 0 Å². The van der Waals surface area contributed by atoms with Crippen molar-refractivity contribution in [2.24, 2.45) is 0 Å². The minimum Gasteiger partial charge on any atom is -0.497 e. The molecule has 2 heterocycles. The molecule has 2 aromatic heterocycles. The molecule has 0 aliphatic rings. The molecular weight excluding hydrogens is 803 g/mol. The fourth-order valence-corrected chi connectivity index (χ4v) is 3.97. The summed E-state index contributed by atoms with van der Waals surface area (Å²) in [5, 5.41) is 11.1. The first-order valence-electron chi connectivity index (χ1n) is 17.9. The number of ether oxygens (including phenoxy) is 2. The predicted octanol–water partition coefficient (Wildman–Crippen LogP) is 12.6. The summed E-state index contributed by atoms with van der Waals surface area (Å²) >= 11 is 0. The fourth-order valence-electron chi connectivity index (χ4n) is 3.97. The third-order valence-corrected chi connectivity index (χ3v) is 6.31. The number of anilines is 1. The van der Waals surface area contributed by atoms with Gasteiger partial charge in [0.1, 0.15) is 11.5 Å². The van der Waals surface area contributed by atoms with Crippen molar-refractivity contribution in [3.8, 4) is 11.5 Å². The summed E-state index contributed by atoms with van der Waals surface area (Å²) in [5.41, 5.74) is 2.97. The first kappa shape index (κ1) is 55.7. The molecule has 0 spiro atoms. The fraction of sp³-hybridized carbons (Fsp3) is 0.600. The summed E-state index contributed by atoms with van der Waals surface area (Å²) in [6.07, 6.45) is 24.4. The van der Waals surface area contributed by atoms with Gasteiger partial charge in [-0.05, 0) is 30.3 Å². The molecule has 6 nitrogen and oxygen atoms in total. The Morgan fingerprint density at radius 3 is 2.00 bits per heavy atom. The summed E-state index contributed by atoms with van der Waals surface area (Å²) in [7, 11) is 3.27. The maximum atomic E-state index is 5.42. The smallest absolute Gasteiger partial charge is 0.497 e. The SMILES string of the molecule is C=CCc1cnc(NCc2ccc(OC)cc2OC)c2[c-]n[nH]c12.CC.CC.CCCCCC.CC[CH-]CCCCCC.[CH2-]CC.[V+2].[W]. The number of unbranched alkanes of at least 4 members (excludes halogenated alkanes) is 9. The Hall–Kier alpha value is -1.75. The molecule has 8 heteroatoms. The Balaban J connectivity index is -0.000000214. The first-order valence-corrected chi connectivity index (χ1v) is 17.9. The molecule has 0 saturated carbocycles. The average molecular weight is 875 g/mol. The van der Waals surface area contributed by atoms with Gasteiger partial charge in [-0.1, -0.05) is 125 Å². The van der Waals surface area contributed by atoms with Crippen LogP contribution >= 0.6 is 0 Å². The van der Waals surface area contributed by atoms with E-state index in [9.17, 15) is 0 Å². The van der Waals surface area contributed by atoms with Crippen molar-refractivity contribution in [1.82, 2.24) is 15.2 Å². The zero-order valence-electron chi connectivity index (χ0n) is 32.6. The van der Waals surface area contributed by atoms with Gasteiger partial charge in [0.2, 0.25) is 0 Å². The number of aromatic nitrogens is 3. The second-order valence-corrected chi connectivity index (χ2v) is 9.99. The standard InChI is InChI=1S/C18H19N4O2.C9H19.C6H14.C3H7.2C2H6.V.W/c1-4-5-13-10-20-18(15-11-21-22-17(13)15)19-9-12-6-7-14(23-2)8-16(12)24-3;1-3-5-7-9-8-6-4-2;1-3-5-6-4-2;1-3-2;2*1-2;;/h4,6-8,10H,1,5,9H2,2-3H3,(H,19,20)(H,21,22);5H,3-4,6-9H2,1-2H3;3-6H2,1-2H3;1,3H2,2H3;2*1-2H3;;/q2*-1;;-1;;;+2;. The number of hydrogen-bond acceptors (Lipinski definition) is 5. The van der Waals surface area contributed by atoms with Crippen molar-refractivity contribution >= 4 is 16.7 Å². The second kappa shape index (κ2) is 43.3. The van der Waals surface area contributed by atoms with Gasteiger partial charge in [0.05, 0.1) is 14.2 Å². The molecular formula is C40H71N4O2VW-. The maximum Gasteiger partial charge on any atom is 2.00 e. The van der Waals surface area contributed by atoms with Crippen LogP contribution in [0.3, 0.4) is 0 Å². The Morgan fingerprint density at radius 2 is 1.50 bits per heavy atom. The number of methoxy groups -OCH3 is 2. The van der Waals surface area contributed by atoms with Crippen molar-refractivity contribution < 1.29 is 49.1 Å². The Labute approximate surface area is 324 Å². The number of pyridine rings is 1. The van der Waals surface area contributed by atoms with Crippen molar-refractivity contribution in [2.75, 3.05) is 19.5 Å². The molecule has 1 aromatic carbocycles. The number of allylic oxidation sites excluding steroid dienone is 1. The van der Waals surface area contributed by atoms with Crippen LogP contribution in [0.15, 0.2) is 37.1 Å². The van der Waals surface area contributed by atoms with Crippen LogP contribution in [0.4, 0.5) is 5.82 Å². The predicted molar refractivity (Wildman–Crippen MR) is 205 cm³/mol. The number of fused-ring (bicyclic) bond motifs is 1. The first-order chi connectivity index (χ1) is 22.5. The minimum absolute atomic E-state index is 0. The van der Waals surface area contributed by atoms with E-state index in [1.807, 2.05) is 65.1 Å². The molecule has 0 aliphatic carbocycles. The largest absolute Gasteiger partial charge is 2.00 e. The van der Waals surface area contributed by atoms with E-state index in [1.54, 1.807) is 14.2 Å². The van der Waals surface area contributed by atoms with E-state index in [-0.39, 0.29) is 39.6 Å². The molecule has 3 rings (SSSR count). The van der Waals surface area contributed by atoms with E-state index >= 15 is 0 Å². The van der Waals surface area contributed by atoms with Crippen LogP contribution < -0.4 is 14.8 Å². The normalized spacial score (nSPS) is 8.92. The van der Waals surface area contributed by atoms with Gasteiger partial charge in [0.25, 0.3) is 0 Å². The number of nitrogens with zero attached hydrogens (tertiary/aromatic N) is 2. The molecule has 0 saturated heterocycles. The molecule has 2 N–H and O–H groups in total. The Bertz CT molecular complexity index is 1050. The van der Waals surface area contributed by atoms with Gasteiger partial charge in [-0.3, -0.25) is 5.10 Å². The van der Waals surface area contributed by atoms with Crippen molar-refractivity contribution in [1.29, 1.82) is 0 Å². The summed E-state index contributed by atoms with van der Waals surface area (Å²) in [6.45, 7) is 26.8. The van der Waals surface area contributed by atoms with Crippen LogP contribution in [-0.4, -0.2) is 29.4 Å². The van der Waals surface area contributed by atoms with Gasteiger partial charge in [-0.2, -0.15) is 19.3 Å². The maximum absolute atomic E-state index is 5.42. The van der Waals surface area contributed by atoms with Gasteiger partial charge >= 0.3 is 18.6 Å². The van der Waals surface area contributed by atoms with Crippen LogP contribution in [0.1, 0.15) is 144 Å². The number of nitrogens with one attached hydrogen (secondary N) is 2. The molecule has 3 aromatic rings. The summed E-state index contributed by atoms with van der Waals surface area (Å²) in [6, 6.07) is 5.73. The summed E-state index contributed by atoms with van der Waals surface area (Å²) in [5.74, 6) is 2.25. The Morgan fingerprint density at radius 1 is 0.917 bits per heavy atom. The Kier molecular flexibility index (Phi) is 50.2. The van der Waals surface area contributed by atoms with E-state index in [0.29, 0.717) is 6.54 Å². The number of hydrogen-bond donors (Lipinski definition) is 2. The quantitative estimate of drug-likeness (QED) is 0.0852. The molecule has 0 aliphatic heterocycles. The number of benzene rings is 1. The second-order valence-electron chi connectivity index (χ2n) is 9.99. The summed E-state index contributed by atoms with van der Waals surface area (Å²) in [4.78, 5) is 4.49. The van der Waals surface area contributed by atoms with E-state index in [0.717, 1.165) is 52.2 Å². The summed E-state index contributed by atoms with van der Waals surface area (Å²) < 4.78 is 10.6. The molecule has 0 fully saturated rings. The molecule has 0 amide bonds. The third kappa shape index (κ3) is 27.1. The minimum atomic E-state index is 0. The van der Waals surface area contributed by atoms with Crippen molar-refractivity contribution in [2.45, 2.75) is 146 Å². The van der Waals surface area contributed by atoms with Gasteiger partial charge < -0.3 is 38.2 Å². The molecule has 48 heavy (non-hydrogen) atoms. The van der Waals surface area contributed by atoms with Crippen LogP contribution in [0.2, 0.25) is 0 Å². The van der Waals surface area contributed by atoms with Crippen molar-refractivity contribution in [3.05, 3.63) is 67.7 Å². The number of H-pyrrole nitrogens is 1. The number of rotatable bonds is 16. The van der Waals surface area contributed by atoms with Gasteiger partial charge in [-0.25, -0.2) is 0 Å².